The van der Waals surface area contributed by atoms with E-state index in [0.29, 0.717) is 0 Å². The van der Waals surface area contributed by atoms with Crippen molar-refractivity contribution in [2.24, 2.45) is 0 Å². The summed E-state index contributed by atoms with van der Waals surface area (Å²) in [7, 11) is -4.67. The van der Waals surface area contributed by atoms with Crippen molar-refractivity contribution in [1.29, 1.82) is 0 Å². The maximum Gasteiger partial charge on any atom is 0.394 e. The molecule has 1 unspecified atom stereocenters. The van der Waals surface area contributed by atoms with Gasteiger partial charge in [0.1, 0.15) is 23.5 Å². The average molecular weight is 421 g/mol. The largest absolute Gasteiger partial charge is 0.460 e. The number of para-hydroxylation sites is 2. The highest BCUT2D eigenvalue weighted by Gasteiger charge is 2.35. The van der Waals surface area contributed by atoms with Gasteiger partial charge in [-0.1, -0.05) is 43.3 Å². The fourth-order valence-corrected chi connectivity index (χ4v) is 3.58. The van der Waals surface area contributed by atoms with Crippen LogP contribution in [0.4, 0.5) is 0 Å². The number of nitrogens with zero attached hydrogens (tertiary/aromatic N) is 1. The SMILES string of the molecule is CCN1CCC(OC(=O)C2c3ccccc3Oc3ccccc32)C1.O=S(=O)(O)O. The van der Waals surface area contributed by atoms with Crippen LogP contribution in [0.5, 0.6) is 11.5 Å². The first kappa shape index (κ1) is 21.3. The van der Waals surface area contributed by atoms with E-state index in [1.54, 1.807) is 0 Å². The van der Waals surface area contributed by atoms with Crippen molar-refractivity contribution in [3.05, 3.63) is 59.7 Å². The van der Waals surface area contributed by atoms with Crippen molar-refractivity contribution in [1.82, 2.24) is 4.90 Å². The summed E-state index contributed by atoms with van der Waals surface area (Å²) in [5.74, 6) is 0.877. The van der Waals surface area contributed by atoms with Gasteiger partial charge in [0.25, 0.3) is 0 Å². The summed E-state index contributed by atoms with van der Waals surface area (Å²) < 4.78 is 43.4. The van der Waals surface area contributed by atoms with Crippen LogP contribution in [0.25, 0.3) is 0 Å². The third-order valence-corrected chi connectivity index (χ3v) is 4.87. The minimum atomic E-state index is -4.67. The second kappa shape index (κ2) is 8.91. The Bertz CT molecular complexity index is 923. The van der Waals surface area contributed by atoms with Gasteiger partial charge in [-0.15, -0.1) is 0 Å². The molecule has 1 atom stereocenters. The van der Waals surface area contributed by atoms with Gasteiger partial charge in [0, 0.05) is 24.2 Å². The van der Waals surface area contributed by atoms with E-state index in [0.717, 1.165) is 48.7 Å². The summed E-state index contributed by atoms with van der Waals surface area (Å²) >= 11 is 0. The van der Waals surface area contributed by atoms with Gasteiger partial charge >= 0.3 is 16.4 Å². The van der Waals surface area contributed by atoms with E-state index in [1.165, 1.54) is 0 Å². The minimum Gasteiger partial charge on any atom is -0.460 e. The summed E-state index contributed by atoms with van der Waals surface area (Å²) in [4.78, 5) is 15.3. The molecule has 0 aliphatic carbocycles. The molecule has 156 valence electrons. The van der Waals surface area contributed by atoms with Gasteiger partial charge in [-0.05, 0) is 25.1 Å². The molecule has 2 aliphatic heterocycles. The third-order valence-electron chi connectivity index (χ3n) is 4.87. The Balaban J connectivity index is 0.000000431. The molecule has 4 rings (SSSR count). The van der Waals surface area contributed by atoms with E-state index in [2.05, 4.69) is 11.8 Å². The van der Waals surface area contributed by atoms with Crippen LogP contribution in [-0.4, -0.2) is 54.1 Å². The van der Waals surface area contributed by atoms with E-state index in [1.807, 2.05) is 48.5 Å². The molecule has 9 heteroatoms. The lowest BCUT2D eigenvalue weighted by atomic mass is 9.88. The van der Waals surface area contributed by atoms with Crippen LogP contribution in [0.15, 0.2) is 48.5 Å². The molecule has 1 saturated heterocycles. The van der Waals surface area contributed by atoms with Gasteiger partial charge in [0.15, 0.2) is 0 Å². The molecule has 8 nitrogen and oxygen atoms in total. The Hall–Kier alpha value is -2.46. The molecule has 0 bridgehead atoms. The van der Waals surface area contributed by atoms with E-state index < -0.39 is 16.3 Å². The van der Waals surface area contributed by atoms with Gasteiger partial charge in [-0.3, -0.25) is 18.8 Å². The van der Waals surface area contributed by atoms with Crippen LogP contribution >= 0.6 is 0 Å². The van der Waals surface area contributed by atoms with Gasteiger partial charge in [-0.2, -0.15) is 8.42 Å². The lowest BCUT2D eigenvalue weighted by Gasteiger charge is -2.27. The highest BCUT2D eigenvalue weighted by molar-refractivity contribution is 7.79. The lowest BCUT2D eigenvalue weighted by Crippen LogP contribution is -2.28. The van der Waals surface area contributed by atoms with Crippen molar-refractivity contribution in [3.63, 3.8) is 0 Å². The van der Waals surface area contributed by atoms with E-state index >= 15 is 0 Å². The zero-order chi connectivity index (χ0) is 21.0. The molecule has 2 N–H and O–H groups in total. The van der Waals surface area contributed by atoms with E-state index in [9.17, 15) is 4.79 Å². The number of carbonyl (C=O) groups excluding carboxylic acids is 1. The van der Waals surface area contributed by atoms with Crippen LogP contribution < -0.4 is 4.74 Å². The predicted octanol–water partition coefficient (Wildman–Crippen LogP) is 2.91. The molecule has 2 aromatic rings. The van der Waals surface area contributed by atoms with Crippen molar-refractivity contribution in [2.45, 2.75) is 25.4 Å². The molecule has 2 aromatic carbocycles. The summed E-state index contributed by atoms with van der Waals surface area (Å²) in [6.45, 7) is 4.95. The second-order valence-electron chi connectivity index (χ2n) is 6.80. The van der Waals surface area contributed by atoms with E-state index in [-0.39, 0.29) is 12.1 Å². The van der Waals surface area contributed by atoms with Crippen molar-refractivity contribution >= 4 is 16.4 Å². The van der Waals surface area contributed by atoms with Crippen LogP contribution in [-0.2, 0) is 19.9 Å². The fraction of sp³-hybridized carbons (Fsp3) is 0.350. The molecular weight excluding hydrogens is 398 g/mol. The number of carbonyl (C=O) groups is 1. The maximum absolute atomic E-state index is 13.0. The van der Waals surface area contributed by atoms with Crippen LogP contribution in [0, 0.1) is 0 Å². The van der Waals surface area contributed by atoms with E-state index in [4.69, 9.17) is 27.0 Å². The molecule has 0 radical (unpaired) electrons. The Kier molecular flexibility index (Phi) is 6.53. The van der Waals surface area contributed by atoms with Crippen LogP contribution in [0.3, 0.4) is 0 Å². The average Bonchev–Trinajstić information content (AvgIpc) is 3.12. The molecule has 29 heavy (non-hydrogen) atoms. The summed E-state index contributed by atoms with van der Waals surface area (Å²) in [5, 5.41) is 0. The first-order valence-electron chi connectivity index (χ1n) is 9.24. The highest BCUT2D eigenvalue weighted by Crippen LogP contribution is 2.44. The Morgan fingerprint density at radius 2 is 1.62 bits per heavy atom. The van der Waals surface area contributed by atoms with Crippen LogP contribution in [0.2, 0.25) is 0 Å². The molecule has 0 amide bonds. The minimum absolute atomic E-state index is 0.0142. The number of benzene rings is 2. The normalized spacial score (nSPS) is 18.7. The monoisotopic (exact) mass is 421 g/mol. The number of ether oxygens (including phenoxy) is 2. The maximum atomic E-state index is 13.0. The zero-order valence-electron chi connectivity index (χ0n) is 15.9. The topological polar surface area (TPSA) is 113 Å². The molecule has 0 aromatic heterocycles. The van der Waals surface area contributed by atoms with Gasteiger partial charge in [0.2, 0.25) is 0 Å². The Labute approximate surface area is 169 Å². The summed E-state index contributed by atoms with van der Waals surface area (Å²) in [6, 6.07) is 15.4. The van der Waals surface area contributed by atoms with Crippen LogP contribution in [0.1, 0.15) is 30.4 Å². The number of likely N-dealkylation sites (N-methyl/N-ethyl adjacent to an activating group) is 1. The molecule has 0 spiro atoms. The summed E-state index contributed by atoms with van der Waals surface area (Å²) in [5.41, 5.74) is 1.76. The number of fused-ring (bicyclic) bond motifs is 2. The van der Waals surface area contributed by atoms with Crippen molar-refractivity contribution in [3.8, 4) is 11.5 Å². The number of esters is 1. The first-order chi connectivity index (χ1) is 13.8. The van der Waals surface area contributed by atoms with Crippen molar-refractivity contribution < 1.29 is 31.8 Å². The van der Waals surface area contributed by atoms with Gasteiger partial charge in [0.05, 0.1) is 0 Å². The van der Waals surface area contributed by atoms with Gasteiger partial charge < -0.3 is 9.47 Å². The fourth-order valence-electron chi connectivity index (χ4n) is 3.58. The zero-order valence-corrected chi connectivity index (χ0v) is 16.7. The molecule has 2 heterocycles. The molecular formula is C20H23NO7S. The van der Waals surface area contributed by atoms with Crippen molar-refractivity contribution in [2.75, 3.05) is 19.6 Å². The number of hydrogen-bond donors (Lipinski definition) is 2. The number of rotatable bonds is 3. The second-order valence-corrected chi connectivity index (χ2v) is 7.70. The lowest BCUT2D eigenvalue weighted by molar-refractivity contribution is -0.149. The summed E-state index contributed by atoms with van der Waals surface area (Å²) in [6.07, 6.45) is 0.895. The number of likely N-dealkylation sites (tertiary alicyclic amines) is 1. The smallest absolute Gasteiger partial charge is 0.394 e. The first-order valence-corrected chi connectivity index (χ1v) is 10.6. The third kappa shape index (κ3) is 5.54. The standard InChI is InChI=1S/C20H21NO3.H2O4S/c1-2-21-12-11-14(13-21)23-20(22)19-15-7-3-5-9-17(15)24-18-10-6-4-8-16(18)19;1-5(2,3)4/h3-10,14,19H,2,11-13H2,1H3;(H2,1,2,3,4). The number of hydrogen-bond acceptors (Lipinski definition) is 6. The highest BCUT2D eigenvalue weighted by atomic mass is 32.3. The molecule has 0 saturated carbocycles. The molecule has 2 aliphatic rings. The molecule has 1 fully saturated rings. The van der Waals surface area contributed by atoms with Gasteiger partial charge in [-0.25, -0.2) is 0 Å². The Morgan fingerprint density at radius 1 is 1.10 bits per heavy atom. The predicted molar refractivity (Wildman–Crippen MR) is 106 cm³/mol. The quantitative estimate of drug-likeness (QED) is 0.575. The Morgan fingerprint density at radius 3 is 2.10 bits per heavy atom.